The molecule has 7 heteroatoms. The van der Waals surface area contributed by atoms with E-state index in [-0.39, 0.29) is 18.0 Å². The Bertz CT molecular complexity index is 620. The van der Waals surface area contributed by atoms with E-state index in [1.165, 1.54) is 24.3 Å². The molecule has 1 heterocycles. The van der Waals surface area contributed by atoms with Crippen molar-refractivity contribution >= 4 is 23.2 Å². The third-order valence-corrected chi connectivity index (χ3v) is 3.45. The van der Waals surface area contributed by atoms with E-state index in [0.29, 0.717) is 0 Å². The number of carbonyl (C=O) groups excluding carboxylic acids is 1. The molecule has 20 heavy (non-hydrogen) atoms. The van der Waals surface area contributed by atoms with Gasteiger partial charge < -0.3 is 9.47 Å². The number of aryl methyl sites for hydroxylation is 1. The molecule has 0 aliphatic carbocycles. The summed E-state index contributed by atoms with van der Waals surface area (Å²) in [6.07, 6.45) is -0.843. The van der Waals surface area contributed by atoms with Crippen LogP contribution in [-0.4, -0.2) is 11.1 Å². The number of thiophene rings is 1. The monoisotopic (exact) mass is 293 g/mol. The summed E-state index contributed by atoms with van der Waals surface area (Å²) in [4.78, 5) is 22.5. The topological polar surface area (TPSA) is 78.7 Å². The number of benzene rings is 1. The fraction of sp³-hybridized carbons (Fsp3) is 0.154. The first-order valence-electron chi connectivity index (χ1n) is 5.68. The number of hydrogen-bond acceptors (Lipinski definition) is 6. The van der Waals surface area contributed by atoms with Crippen LogP contribution in [0.3, 0.4) is 0 Å². The van der Waals surface area contributed by atoms with Gasteiger partial charge in [-0.1, -0.05) is 0 Å². The molecule has 0 radical (unpaired) electrons. The highest BCUT2D eigenvalue weighted by Gasteiger charge is 2.10. The van der Waals surface area contributed by atoms with Gasteiger partial charge in [0.2, 0.25) is 0 Å². The smallest absolute Gasteiger partial charge is 0.429 e. The molecule has 0 spiro atoms. The van der Waals surface area contributed by atoms with Gasteiger partial charge in [-0.3, -0.25) is 10.1 Å². The van der Waals surface area contributed by atoms with Crippen LogP contribution < -0.4 is 4.74 Å². The van der Waals surface area contributed by atoms with Crippen molar-refractivity contribution in [3.63, 3.8) is 0 Å². The maximum atomic E-state index is 11.5. The molecule has 0 saturated carbocycles. The number of carbonyl (C=O) groups is 1. The Balaban J connectivity index is 1.88. The highest BCUT2D eigenvalue weighted by atomic mass is 32.1. The van der Waals surface area contributed by atoms with E-state index >= 15 is 0 Å². The molecule has 1 aromatic heterocycles. The standard InChI is InChI=1S/C13H11NO5S/c1-9-10(6-7-20-9)8-18-13(15)19-12-4-2-11(3-5-12)14(16)17/h2-7H,8H2,1H3. The Morgan fingerprint density at radius 3 is 2.55 bits per heavy atom. The maximum absolute atomic E-state index is 11.5. The van der Waals surface area contributed by atoms with Crippen LogP contribution in [0.2, 0.25) is 0 Å². The average Bonchev–Trinajstić information content (AvgIpc) is 2.82. The quantitative estimate of drug-likeness (QED) is 0.372. The van der Waals surface area contributed by atoms with Crippen molar-refractivity contribution < 1.29 is 19.2 Å². The fourth-order valence-electron chi connectivity index (χ4n) is 1.46. The van der Waals surface area contributed by atoms with Crippen molar-refractivity contribution in [2.75, 3.05) is 0 Å². The zero-order chi connectivity index (χ0) is 14.5. The lowest BCUT2D eigenvalue weighted by molar-refractivity contribution is -0.384. The third kappa shape index (κ3) is 3.55. The third-order valence-electron chi connectivity index (χ3n) is 2.56. The van der Waals surface area contributed by atoms with Crippen LogP contribution in [0.1, 0.15) is 10.4 Å². The van der Waals surface area contributed by atoms with Crippen molar-refractivity contribution in [1.29, 1.82) is 0 Å². The largest absolute Gasteiger partial charge is 0.514 e. The van der Waals surface area contributed by atoms with Gasteiger partial charge >= 0.3 is 6.16 Å². The summed E-state index contributed by atoms with van der Waals surface area (Å²) < 4.78 is 9.87. The van der Waals surface area contributed by atoms with Gasteiger partial charge in [0, 0.05) is 22.6 Å². The van der Waals surface area contributed by atoms with E-state index in [1.54, 1.807) is 11.3 Å². The van der Waals surface area contributed by atoms with Crippen LogP contribution >= 0.6 is 11.3 Å². The molecule has 0 amide bonds. The molecular formula is C13H11NO5S. The Hall–Kier alpha value is -2.41. The van der Waals surface area contributed by atoms with Crippen LogP contribution in [0.15, 0.2) is 35.7 Å². The molecule has 2 rings (SSSR count). The minimum atomic E-state index is -0.843. The van der Waals surface area contributed by atoms with E-state index in [4.69, 9.17) is 9.47 Å². The number of nitro groups is 1. The number of rotatable bonds is 4. The van der Waals surface area contributed by atoms with Crippen molar-refractivity contribution in [3.05, 3.63) is 56.3 Å². The predicted molar refractivity (Wildman–Crippen MR) is 73.0 cm³/mol. The second-order valence-electron chi connectivity index (χ2n) is 3.89. The normalized spacial score (nSPS) is 10.1. The lowest BCUT2D eigenvalue weighted by Crippen LogP contribution is -2.10. The average molecular weight is 293 g/mol. The molecule has 0 saturated heterocycles. The highest BCUT2D eigenvalue weighted by Crippen LogP contribution is 2.19. The molecule has 6 nitrogen and oxygen atoms in total. The van der Waals surface area contributed by atoms with Gasteiger partial charge in [0.1, 0.15) is 12.4 Å². The summed E-state index contributed by atoms with van der Waals surface area (Å²) in [5, 5.41) is 12.4. The minimum absolute atomic E-state index is 0.0698. The summed E-state index contributed by atoms with van der Waals surface area (Å²) in [5.41, 5.74) is 0.857. The molecule has 2 aromatic rings. The van der Waals surface area contributed by atoms with Crippen molar-refractivity contribution in [2.45, 2.75) is 13.5 Å². The van der Waals surface area contributed by atoms with E-state index < -0.39 is 11.1 Å². The second-order valence-corrected chi connectivity index (χ2v) is 5.01. The van der Waals surface area contributed by atoms with Gasteiger partial charge in [0.05, 0.1) is 4.92 Å². The number of ether oxygens (including phenoxy) is 2. The van der Waals surface area contributed by atoms with Gasteiger partial charge in [-0.2, -0.15) is 0 Å². The van der Waals surface area contributed by atoms with Gasteiger partial charge in [0.15, 0.2) is 0 Å². The van der Waals surface area contributed by atoms with Crippen LogP contribution in [0, 0.1) is 17.0 Å². The lowest BCUT2D eigenvalue weighted by Gasteiger charge is -2.05. The van der Waals surface area contributed by atoms with Crippen molar-refractivity contribution in [3.8, 4) is 5.75 Å². The Labute approximate surface area is 118 Å². The first-order valence-corrected chi connectivity index (χ1v) is 6.56. The summed E-state index contributed by atoms with van der Waals surface area (Å²) in [5.74, 6) is 0.197. The minimum Gasteiger partial charge on any atom is -0.429 e. The van der Waals surface area contributed by atoms with E-state index in [1.807, 2.05) is 18.4 Å². The van der Waals surface area contributed by atoms with Gasteiger partial charge in [-0.15, -0.1) is 11.3 Å². The first kappa shape index (κ1) is 14.0. The van der Waals surface area contributed by atoms with Gasteiger partial charge in [-0.25, -0.2) is 4.79 Å². The Morgan fingerprint density at radius 2 is 2.00 bits per heavy atom. The van der Waals surface area contributed by atoms with Crippen molar-refractivity contribution in [1.82, 2.24) is 0 Å². The fourth-order valence-corrected chi connectivity index (χ4v) is 2.17. The molecule has 0 bridgehead atoms. The molecule has 0 atom stereocenters. The molecule has 0 fully saturated rings. The van der Waals surface area contributed by atoms with Crippen molar-refractivity contribution in [2.24, 2.45) is 0 Å². The summed E-state index contributed by atoms with van der Waals surface area (Å²) in [7, 11) is 0. The lowest BCUT2D eigenvalue weighted by atomic mass is 10.3. The van der Waals surface area contributed by atoms with Crippen LogP contribution in [-0.2, 0) is 11.3 Å². The SMILES string of the molecule is Cc1sccc1COC(=O)Oc1ccc([N+](=O)[O-])cc1. The second kappa shape index (κ2) is 6.16. The molecule has 104 valence electrons. The molecule has 0 N–H and O–H groups in total. The number of hydrogen-bond donors (Lipinski definition) is 0. The summed E-state index contributed by atoms with van der Waals surface area (Å²) in [6.45, 7) is 2.08. The Kier molecular flexibility index (Phi) is 4.31. The van der Waals surface area contributed by atoms with Gasteiger partial charge in [0.25, 0.3) is 5.69 Å². The van der Waals surface area contributed by atoms with E-state index in [0.717, 1.165) is 10.4 Å². The van der Waals surface area contributed by atoms with Crippen LogP contribution in [0.25, 0.3) is 0 Å². The molecule has 0 unspecified atom stereocenters. The molecular weight excluding hydrogens is 282 g/mol. The zero-order valence-corrected chi connectivity index (χ0v) is 11.4. The van der Waals surface area contributed by atoms with E-state index in [9.17, 15) is 14.9 Å². The number of non-ortho nitro benzene ring substituents is 1. The first-order chi connectivity index (χ1) is 9.56. The maximum Gasteiger partial charge on any atom is 0.514 e. The molecule has 0 aliphatic rings. The predicted octanol–water partition coefficient (Wildman–Crippen LogP) is 3.68. The van der Waals surface area contributed by atoms with Crippen LogP contribution in [0.4, 0.5) is 10.5 Å². The number of nitro benzene ring substituents is 1. The highest BCUT2D eigenvalue weighted by molar-refractivity contribution is 7.10. The summed E-state index contributed by atoms with van der Waals surface area (Å²) in [6, 6.07) is 7.07. The zero-order valence-electron chi connectivity index (χ0n) is 10.6. The Morgan fingerprint density at radius 1 is 1.30 bits per heavy atom. The molecule has 0 aliphatic heterocycles. The summed E-state index contributed by atoms with van der Waals surface area (Å²) >= 11 is 1.57. The molecule has 1 aromatic carbocycles. The van der Waals surface area contributed by atoms with E-state index in [2.05, 4.69) is 0 Å². The van der Waals surface area contributed by atoms with Crippen LogP contribution in [0.5, 0.6) is 5.75 Å². The van der Waals surface area contributed by atoms with Gasteiger partial charge in [-0.05, 0) is 30.5 Å². The number of nitrogens with zero attached hydrogens (tertiary/aromatic N) is 1.